The Kier molecular flexibility index (Phi) is 7.53. The van der Waals surface area contributed by atoms with E-state index >= 15 is 0 Å². The molecule has 28 heavy (non-hydrogen) atoms. The summed E-state index contributed by atoms with van der Waals surface area (Å²) >= 11 is 1.89. The second-order valence-electron chi connectivity index (χ2n) is 6.92. The fourth-order valence-electron chi connectivity index (χ4n) is 3.11. The summed E-state index contributed by atoms with van der Waals surface area (Å²) in [6.07, 6.45) is 6.36. The van der Waals surface area contributed by atoms with Crippen LogP contribution in [0.15, 0.2) is 48.5 Å². The highest BCUT2D eigenvalue weighted by Crippen LogP contribution is 2.41. The van der Waals surface area contributed by atoms with Gasteiger partial charge in [0.15, 0.2) is 0 Å². The molecule has 1 aliphatic heterocycles. The second kappa shape index (κ2) is 10.3. The Hall–Kier alpha value is -2.29. The van der Waals surface area contributed by atoms with Gasteiger partial charge in [0.05, 0.1) is 23.8 Å². The number of nitriles is 1. The molecule has 1 heterocycles. The van der Waals surface area contributed by atoms with E-state index in [1.54, 1.807) is 36.4 Å². The van der Waals surface area contributed by atoms with Crippen LogP contribution in [0.5, 0.6) is 5.75 Å². The van der Waals surface area contributed by atoms with E-state index in [1.807, 2.05) is 30.0 Å². The molecule has 1 fully saturated rings. The maximum Gasteiger partial charge on any atom is 0.343 e. The van der Waals surface area contributed by atoms with Gasteiger partial charge in [0.2, 0.25) is 0 Å². The molecule has 3 rings (SSSR count). The summed E-state index contributed by atoms with van der Waals surface area (Å²) in [6, 6.07) is 15.9. The lowest BCUT2D eigenvalue weighted by Crippen LogP contribution is -2.08. The SMILES string of the molecule is CCCCCC[C@@H]1CO[C@@H](c2ccc(OC(=O)c3ccc(C#N)cc3)cc2)S1. The Bertz CT molecular complexity index is 811. The molecule has 0 aromatic heterocycles. The number of thioether (sulfide) groups is 1. The minimum atomic E-state index is -0.434. The van der Waals surface area contributed by atoms with Crippen molar-refractivity contribution < 1.29 is 14.3 Å². The summed E-state index contributed by atoms with van der Waals surface area (Å²) in [4.78, 5) is 12.2. The third-order valence-corrected chi connectivity index (χ3v) is 6.15. The molecule has 2 aromatic carbocycles. The summed E-state index contributed by atoms with van der Waals surface area (Å²) in [6.45, 7) is 3.03. The van der Waals surface area contributed by atoms with Gasteiger partial charge in [-0.25, -0.2) is 4.79 Å². The van der Waals surface area contributed by atoms with Crippen LogP contribution in [0.1, 0.15) is 65.9 Å². The number of benzene rings is 2. The number of esters is 1. The van der Waals surface area contributed by atoms with Crippen LogP contribution < -0.4 is 4.74 Å². The Balaban J connectivity index is 1.51. The number of carbonyl (C=O) groups excluding carboxylic acids is 1. The number of unbranched alkanes of at least 4 members (excludes halogenated alkanes) is 3. The maximum absolute atomic E-state index is 12.2. The Morgan fingerprint density at radius 3 is 2.57 bits per heavy atom. The molecule has 1 saturated heterocycles. The lowest BCUT2D eigenvalue weighted by atomic mass is 10.1. The summed E-state index contributed by atoms with van der Waals surface area (Å²) in [5.74, 6) is 0.0631. The van der Waals surface area contributed by atoms with Crippen molar-refractivity contribution in [3.05, 3.63) is 65.2 Å². The minimum Gasteiger partial charge on any atom is -0.423 e. The van der Waals surface area contributed by atoms with E-state index in [1.165, 1.54) is 32.1 Å². The normalized spacial score (nSPS) is 18.6. The van der Waals surface area contributed by atoms with E-state index in [-0.39, 0.29) is 5.44 Å². The number of ether oxygens (including phenoxy) is 2. The van der Waals surface area contributed by atoms with E-state index in [9.17, 15) is 4.79 Å². The predicted octanol–water partition coefficient (Wildman–Crippen LogP) is 5.88. The van der Waals surface area contributed by atoms with Gasteiger partial charge < -0.3 is 9.47 Å². The van der Waals surface area contributed by atoms with Crippen molar-refractivity contribution in [2.45, 2.75) is 49.7 Å². The van der Waals surface area contributed by atoms with Crippen molar-refractivity contribution in [3.63, 3.8) is 0 Å². The zero-order valence-corrected chi connectivity index (χ0v) is 16.9. The van der Waals surface area contributed by atoms with Gasteiger partial charge in [-0.15, -0.1) is 11.8 Å². The topological polar surface area (TPSA) is 59.3 Å². The highest BCUT2D eigenvalue weighted by atomic mass is 32.2. The van der Waals surface area contributed by atoms with E-state index < -0.39 is 5.97 Å². The van der Waals surface area contributed by atoms with Crippen molar-refractivity contribution in [2.24, 2.45) is 0 Å². The lowest BCUT2D eigenvalue weighted by molar-refractivity contribution is 0.0734. The van der Waals surface area contributed by atoms with Crippen LogP contribution in [0.4, 0.5) is 0 Å². The van der Waals surface area contributed by atoms with E-state index in [0.717, 1.165) is 12.2 Å². The van der Waals surface area contributed by atoms with E-state index in [2.05, 4.69) is 6.92 Å². The largest absolute Gasteiger partial charge is 0.423 e. The average molecular weight is 396 g/mol. The van der Waals surface area contributed by atoms with Crippen LogP contribution in [0, 0.1) is 11.3 Å². The molecule has 4 nitrogen and oxygen atoms in total. The van der Waals surface area contributed by atoms with Gasteiger partial charge in [0.1, 0.15) is 11.2 Å². The third-order valence-electron chi connectivity index (χ3n) is 4.74. The first-order valence-electron chi connectivity index (χ1n) is 9.79. The molecular weight excluding hydrogens is 370 g/mol. The Morgan fingerprint density at radius 2 is 1.89 bits per heavy atom. The fraction of sp³-hybridized carbons (Fsp3) is 0.391. The van der Waals surface area contributed by atoms with Gasteiger partial charge in [-0.1, -0.05) is 44.7 Å². The van der Waals surface area contributed by atoms with Crippen molar-refractivity contribution in [2.75, 3.05) is 6.61 Å². The molecular formula is C23H25NO3S. The van der Waals surface area contributed by atoms with Crippen molar-refractivity contribution in [3.8, 4) is 11.8 Å². The number of carbonyl (C=O) groups is 1. The van der Waals surface area contributed by atoms with Crippen molar-refractivity contribution >= 4 is 17.7 Å². The van der Waals surface area contributed by atoms with Crippen LogP contribution in [-0.2, 0) is 4.74 Å². The molecule has 0 aliphatic carbocycles. The molecule has 0 bridgehead atoms. The maximum atomic E-state index is 12.2. The summed E-state index contributed by atoms with van der Waals surface area (Å²) in [5, 5.41) is 9.39. The number of nitrogens with zero attached hydrogens (tertiary/aromatic N) is 1. The number of hydrogen-bond acceptors (Lipinski definition) is 5. The van der Waals surface area contributed by atoms with Crippen LogP contribution >= 0.6 is 11.8 Å². The quantitative estimate of drug-likeness (QED) is 0.317. The molecule has 0 amide bonds. The molecule has 0 saturated carbocycles. The van der Waals surface area contributed by atoms with Crippen molar-refractivity contribution in [1.29, 1.82) is 5.26 Å². The first-order valence-corrected chi connectivity index (χ1v) is 10.7. The van der Waals surface area contributed by atoms with E-state index in [4.69, 9.17) is 14.7 Å². The van der Waals surface area contributed by atoms with Crippen LogP contribution in [-0.4, -0.2) is 17.8 Å². The summed E-state index contributed by atoms with van der Waals surface area (Å²) < 4.78 is 11.4. The lowest BCUT2D eigenvalue weighted by Gasteiger charge is -2.11. The highest BCUT2D eigenvalue weighted by Gasteiger charge is 2.27. The molecule has 2 aromatic rings. The Labute approximate surface area is 170 Å². The van der Waals surface area contributed by atoms with Gasteiger partial charge in [0, 0.05) is 5.25 Å². The molecule has 0 unspecified atom stereocenters. The summed E-state index contributed by atoms with van der Waals surface area (Å²) in [5.41, 5.74) is 2.08. The molecule has 0 N–H and O–H groups in total. The van der Waals surface area contributed by atoms with Crippen LogP contribution in [0.25, 0.3) is 0 Å². The molecule has 5 heteroatoms. The van der Waals surface area contributed by atoms with Gasteiger partial charge in [-0.3, -0.25) is 0 Å². The Morgan fingerprint density at radius 1 is 1.14 bits per heavy atom. The van der Waals surface area contributed by atoms with Gasteiger partial charge in [-0.2, -0.15) is 5.26 Å². The van der Waals surface area contributed by atoms with Crippen LogP contribution in [0.2, 0.25) is 0 Å². The second-order valence-corrected chi connectivity index (χ2v) is 8.29. The monoisotopic (exact) mass is 395 g/mol. The minimum absolute atomic E-state index is 0.0550. The van der Waals surface area contributed by atoms with Gasteiger partial charge >= 0.3 is 5.97 Å². The van der Waals surface area contributed by atoms with Crippen LogP contribution in [0.3, 0.4) is 0 Å². The van der Waals surface area contributed by atoms with Gasteiger partial charge in [0.25, 0.3) is 0 Å². The first kappa shape index (κ1) is 20.4. The van der Waals surface area contributed by atoms with Crippen molar-refractivity contribution in [1.82, 2.24) is 0 Å². The number of rotatable bonds is 8. The molecule has 2 atom stereocenters. The van der Waals surface area contributed by atoms with Gasteiger partial charge in [-0.05, 0) is 48.4 Å². The fourth-order valence-corrected chi connectivity index (χ4v) is 4.39. The first-order chi connectivity index (χ1) is 13.7. The van der Waals surface area contributed by atoms with E-state index in [0.29, 0.717) is 22.1 Å². The summed E-state index contributed by atoms with van der Waals surface area (Å²) in [7, 11) is 0. The molecule has 0 radical (unpaired) electrons. The zero-order valence-electron chi connectivity index (χ0n) is 16.1. The molecule has 0 spiro atoms. The zero-order chi connectivity index (χ0) is 19.8. The molecule has 146 valence electrons. The third kappa shape index (κ3) is 5.60. The predicted molar refractivity (Wildman–Crippen MR) is 111 cm³/mol. The number of hydrogen-bond donors (Lipinski definition) is 0. The molecule has 1 aliphatic rings. The standard InChI is InChI=1S/C23H25NO3S/c1-2-3-4-5-6-21-16-26-23(28-21)19-11-13-20(14-12-19)27-22(25)18-9-7-17(15-24)8-10-18/h7-14,21,23H,2-6,16H2,1H3/t21-,23-/m1/s1. The smallest absolute Gasteiger partial charge is 0.343 e. The average Bonchev–Trinajstić information content (AvgIpc) is 3.21. The highest BCUT2D eigenvalue weighted by molar-refractivity contribution is 8.00.